The number of nitrogens with zero attached hydrogens (tertiary/aromatic N) is 2. The van der Waals surface area contributed by atoms with Gasteiger partial charge in [0.25, 0.3) is 0 Å². The molecule has 4 aliphatic rings. The van der Waals surface area contributed by atoms with Crippen LogP contribution in [-0.4, -0.2) is 0 Å². The Bertz CT molecular complexity index is 3920. The highest BCUT2D eigenvalue weighted by Crippen LogP contribution is 2.65. The maximum Gasteiger partial charge on any atom is 0.0755 e. The van der Waals surface area contributed by atoms with Crippen LogP contribution in [0.1, 0.15) is 72.2 Å². The molecule has 2 heteroatoms. The van der Waals surface area contributed by atoms with E-state index < -0.39 is 5.41 Å². The number of hydrogen-bond donors (Lipinski definition) is 0. The number of anilines is 6. The first-order chi connectivity index (χ1) is 36.7. The lowest BCUT2D eigenvalue weighted by molar-refractivity contribution is 0.660. The van der Waals surface area contributed by atoms with Crippen LogP contribution in [0.2, 0.25) is 0 Å². The number of para-hydroxylation sites is 3. The van der Waals surface area contributed by atoms with Crippen molar-refractivity contribution in [3.8, 4) is 55.6 Å². The smallest absolute Gasteiger partial charge is 0.0755 e. The minimum absolute atomic E-state index is 0.0770. The second kappa shape index (κ2) is 16.0. The van der Waals surface area contributed by atoms with Crippen molar-refractivity contribution in [3.05, 3.63) is 299 Å². The lowest BCUT2D eigenvalue weighted by atomic mass is 9.64. The van der Waals surface area contributed by atoms with Crippen molar-refractivity contribution >= 4 is 34.1 Å². The zero-order chi connectivity index (χ0) is 50.2. The fourth-order valence-corrected chi connectivity index (χ4v) is 14.0. The second-order valence-electron chi connectivity index (χ2n) is 22.0. The highest BCUT2D eigenvalue weighted by Gasteiger charge is 2.52. The van der Waals surface area contributed by atoms with E-state index in [0.717, 1.165) is 22.7 Å². The number of fused-ring (bicyclic) bond motifs is 15. The Labute approximate surface area is 440 Å². The molecule has 0 radical (unpaired) electrons. The fourth-order valence-electron chi connectivity index (χ4n) is 14.0. The van der Waals surface area contributed by atoms with Gasteiger partial charge in [0.1, 0.15) is 0 Å². The van der Waals surface area contributed by atoms with Gasteiger partial charge < -0.3 is 9.80 Å². The van der Waals surface area contributed by atoms with E-state index in [9.17, 15) is 0 Å². The van der Waals surface area contributed by atoms with Crippen LogP contribution in [0.25, 0.3) is 55.6 Å². The topological polar surface area (TPSA) is 6.48 Å². The van der Waals surface area contributed by atoms with Crippen molar-refractivity contribution in [2.75, 3.05) is 9.80 Å². The van der Waals surface area contributed by atoms with Crippen molar-refractivity contribution in [3.63, 3.8) is 0 Å². The van der Waals surface area contributed by atoms with E-state index in [1.807, 2.05) is 0 Å². The summed E-state index contributed by atoms with van der Waals surface area (Å²) in [6.45, 7) is 9.45. The minimum Gasteiger partial charge on any atom is -0.310 e. The molecule has 15 rings (SSSR count). The molecule has 356 valence electrons. The first-order valence-corrected chi connectivity index (χ1v) is 26.5. The van der Waals surface area contributed by atoms with Gasteiger partial charge in [-0.15, -0.1) is 0 Å². The van der Waals surface area contributed by atoms with Crippen molar-refractivity contribution in [1.82, 2.24) is 0 Å². The maximum absolute atomic E-state index is 2.50. The molecule has 2 nitrogen and oxygen atoms in total. The van der Waals surface area contributed by atoms with E-state index in [1.54, 1.807) is 0 Å². The Morgan fingerprint density at radius 1 is 0.293 bits per heavy atom. The SMILES string of the molecule is CC1(C)c2ccccc2-c2ccc(-c3ccc(N(c4ccc(-c5ccc6c(c5)C(C)(C)c5ccccc5-6)cc4)c4cccc5c4-c4ccccc4C54c5ccccc5N(c5ccccc5)c5ccccc54)cc3)cc21. The van der Waals surface area contributed by atoms with Crippen LogP contribution in [0, 0.1) is 0 Å². The summed E-state index contributed by atoms with van der Waals surface area (Å²) in [5, 5.41) is 0. The molecule has 1 spiro atoms. The summed E-state index contributed by atoms with van der Waals surface area (Å²) in [5.74, 6) is 0. The third-order valence-electron chi connectivity index (χ3n) is 17.5. The average Bonchev–Trinajstić information content (AvgIpc) is 4.17. The van der Waals surface area contributed by atoms with Crippen molar-refractivity contribution in [2.45, 2.75) is 43.9 Å². The first-order valence-electron chi connectivity index (χ1n) is 26.5. The summed E-state index contributed by atoms with van der Waals surface area (Å²) in [4.78, 5) is 4.96. The predicted octanol–water partition coefficient (Wildman–Crippen LogP) is 19.2. The highest BCUT2D eigenvalue weighted by molar-refractivity contribution is 6.01. The fraction of sp³-hybridized carbons (Fsp3) is 0.0959. The van der Waals surface area contributed by atoms with Gasteiger partial charge in [0.05, 0.1) is 22.5 Å². The molecule has 0 saturated heterocycles. The van der Waals surface area contributed by atoms with Crippen molar-refractivity contribution in [1.29, 1.82) is 0 Å². The zero-order valence-electron chi connectivity index (χ0n) is 42.6. The Hall–Kier alpha value is -8.98. The van der Waals surface area contributed by atoms with Gasteiger partial charge in [-0.1, -0.05) is 216 Å². The normalized spacial score (nSPS) is 15.0. The predicted molar refractivity (Wildman–Crippen MR) is 313 cm³/mol. The summed E-state index contributed by atoms with van der Waals surface area (Å²) < 4.78 is 0. The monoisotopic (exact) mass is 958 g/mol. The third kappa shape index (κ3) is 6.08. The summed E-state index contributed by atoms with van der Waals surface area (Å²) in [6.07, 6.45) is 0. The van der Waals surface area contributed by atoms with Crippen LogP contribution >= 0.6 is 0 Å². The van der Waals surface area contributed by atoms with E-state index in [4.69, 9.17) is 0 Å². The quantitative estimate of drug-likeness (QED) is 0.164. The maximum atomic E-state index is 2.50. The zero-order valence-corrected chi connectivity index (χ0v) is 42.6. The Morgan fingerprint density at radius 3 is 1.21 bits per heavy atom. The van der Waals surface area contributed by atoms with Gasteiger partial charge in [-0.2, -0.15) is 0 Å². The van der Waals surface area contributed by atoms with Crippen LogP contribution in [0.15, 0.2) is 255 Å². The molecule has 11 aromatic rings. The molecule has 0 saturated carbocycles. The summed E-state index contributed by atoms with van der Waals surface area (Å²) in [5.41, 5.74) is 29.6. The molecule has 0 atom stereocenters. The molecule has 0 amide bonds. The standard InChI is InChI=1S/C73H54N2/c1-71(2)59-24-11-8-21-54(59)56-43-37-49(45-65(56)71)47-33-39-52(40-34-47)74(53-41-35-48(36-42-53)50-38-44-57-55-22-9-12-25-60(55)72(3,4)66(57)46-50)69-32-18-29-64-70(69)58-23-10-13-26-61(58)73(64)62-27-14-16-30-67(62)75(51-19-6-5-7-20-51)68-31-17-15-28-63(68)73/h5-46H,1-4H3. The molecule has 11 aromatic carbocycles. The molecule has 0 fully saturated rings. The molecule has 0 bridgehead atoms. The number of benzene rings is 11. The van der Waals surface area contributed by atoms with Gasteiger partial charge in [-0.3, -0.25) is 0 Å². The van der Waals surface area contributed by atoms with Gasteiger partial charge in [0.15, 0.2) is 0 Å². The van der Waals surface area contributed by atoms with E-state index >= 15 is 0 Å². The molecular formula is C73H54N2. The average molecular weight is 959 g/mol. The van der Waals surface area contributed by atoms with E-state index in [-0.39, 0.29) is 10.8 Å². The van der Waals surface area contributed by atoms with Crippen molar-refractivity contribution < 1.29 is 0 Å². The molecule has 0 aromatic heterocycles. The molecule has 0 unspecified atom stereocenters. The highest BCUT2D eigenvalue weighted by atomic mass is 15.2. The molecule has 1 aliphatic heterocycles. The van der Waals surface area contributed by atoms with Crippen LogP contribution in [-0.2, 0) is 16.2 Å². The summed E-state index contributed by atoms with van der Waals surface area (Å²) >= 11 is 0. The third-order valence-corrected chi connectivity index (χ3v) is 17.5. The van der Waals surface area contributed by atoms with Crippen LogP contribution in [0.3, 0.4) is 0 Å². The van der Waals surface area contributed by atoms with E-state index in [1.165, 1.54) is 112 Å². The summed E-state index contributed by atoms with van der Waals surface area (Å²) in [6, 6.07) is 95.8. The Morgan fingerprint density at radius 2 is 0.693 bits per heavy atom. The van der Waals surface area contributed by atoms with Gasteiger partial charge in [-0.25, -0.2) is 0 Å². The van der Waals surface area contributed by atoms with Gasteiger partial charge in [0.2, 0.25) is 0 Å². The second-order valence-corrected chi connectivity index (χ2v) is 22.0. The number of hydrogen-bond acceptors (Lipinski definition) is 2. The minimum atomic E-state index is -0.582. The van der Waals surface area contributed by atoms with Crippen LogP contribution < -0.4 is 9.80 Å². The van der Waals surface area contributed by atoms with Gasteiger partial charge in [0, 0.05) is 33.5 Å². The van der Waals surface area contributed by atoms with E-state index in [0.29, 0.717) is 0 Å². The van der Waals surface area contributed by atoms with Crippen molar-refractivity contribution in [2.24, 2.45) is 0 Å². The lowest BCUT2D eigenvalue weighted by Crippen LogP contribution is -2.36. The Kier molecular flexibility index (Phi) is 9.30. The molecule has 3 aliphatic carbocycles. The molecule has 0 N–H and O–H groups in total. The molecule has 75 heavy (non-hydrogen) atoms. The lowest BCUT2D eigenvalue weighted by Gasteiger charge is -2.45. The van der Waals surface area contributed by atoms with Crippen LogP contribution in [0.4, 0.5) is 34.1 Å². The van der Waals surface area contributed by atoms with Gasteiger partial charge in [-0.05, 0) is 161 Å². The van der Waals surface area contributed by atoms with E-state index in [2.05, 4.69) is 292 Å². The summed E-state index contributed by atoms with van der Waals surface area (Å²) in [7, 11) is 0. The molecule has 1 heterocycles. The number of rotatable bonds is 6. The Balaban J connectivity index is 0.908. The molecular weight excluding hydrogens is 905 g/mol. The largest absolute Gasteiger partial charge is 0.310 e. The first kappa shape index (κ1) is 43.6. The van der Waals surface area contributed by atoms with Gasteiger partial charge >= 0.3 is 0 Å². The van der Waals surface area contributed by atoms with Crippen LogP contribution in [0.5, 0.6) is 0 Å².